The van der Waals surface area contributed by atoms with Crippen molar-refractivity contribution in [2.45, 2.75) is 0 Å². The molecule has 0 spiro atoms. The van der Waals surface area contributed by atoms with Crippen molar-refractivity contribution in [1.82, 2.24) is 5.43 Å². The zero-order valence-corrected chi connectivity index (χ0v) is 11.7. The van der Waals surface area contributed by atoms with Gasteiger partial charge in [0.2, 0.25) is 0 Å². The van der Waals surface area contributed by atoms with E-state index in [0.29, 0.717) is 4.88 Å². The van der Waals surface area contributed by atoms with E-state index in [1.165, 1.54) is 11.3 Å². The summed E-state index contributed by atoms with van der Waals surface area (Å²) < 4.78 is 1.14. The molecule has 0 aliphatic carbocycles. The molecule has 1 aromatic carbocycles. The molecule has 2 aromatic rings. The van der Waals surface area contributed by atoms with E-state index in [1.54, 1.807) is 12.3 Å². The molecule has 0 saturated carbocycles. The van der Waals surface area contributed by atoms with Crippen molar-refractivity contribution < 1.29 is 4.79 Å². The van der Waals surface area contributed by atoms with Gasteiger partial charge in [-0.2, -0.15) is 5.10 Å². The molecule has 2 rings (SSSR count). The van der Waals surface area contributed by atoms with E-state index in [0.717, 1.165) is 9.13 Å². The molecule has 0 fully saturated rings. The first-order valence-corrected chi connectivity index (χ1v) is 6.84. The zero-order chi connectivity index (χ0) is 12.1. The van der Waals surface area contributed by atoms with Gasteiger partial charge in [-0.1, -0.05) is 18.2 Å². The fourth-order valence-electron chi connectivity index (χ4n) is 1.22. The van der Waals surface area contributed by atoms with Crippen LogP contribution >= 0.6 is 33.9 Å². The maximum absolute atomic E-state index is 11.5. The molecule has 17 heavy (non-hydrogen) atoms. The molecule has 1 N–H and O–H groups in total. The van der Waals surface area contributed by atoms with E-state index in [-0.39, 0.29) is 5.91 Å². The second-order valence-electron chi connectivity index (χ2n) is 3.23. The van der Waals surface area contributed by atoms with Crippen LogP contribution in [0, 0.1) is 3.57 Å². The summed E-state index contributed by atoms with van der Waals surface area (Å²) >= 11 is 3.62. The number of nitrogens with zero attached hydrogens (tertiary/aromatic N) is 1. The van der Waals surface area contributed by atoms with Crippen LogP contribution in [0.3, 0.4) is 0 Å². The van der Waals surface area contributed by atoms with Gasteiger partial charge in [0, 0.05) is 3.57 Å². The van der Waals surface area contributed by atoms with Gasteiger partial charge in [0.15, 0.2) is 0 Å². The molecule has 0 atom stereocenters. The molecular formula is C12H9IN2OS. The van der Waals surface area contributed by atoms with Crippen LogP contribution in [0.2, 0.25) is 0 Å². The van der Waals surface area contributed by atoms with Gasteiger partial charge in [0.25, 0.3) is 5.91 Å². The number of halogens is 1. The van der Waals surface area contributed by atoms with Crippen LogP contribution in [0.4, 0.5) is 0 Å². The number of hydrogen-bond donors (Lipinski definition) is 1. The minimum absolute atomic E-state index is 0.179. The number of thiophene rings is 1. The molecule has 0 saturated heterocycles. The summed E-state index contributed by atoms with van der Waals surface area (Å²) in [5.74, 6) is -0.179. The SMILES string of the molecule is O=C(NN=Cc1cccc(I)c1)c1cccs1. The summed E-state index contributed by atoms with van der Waals surface area (Å²) in [7, 11) is 0. The predicted molar refractivity (Wildman–Crippen MR) is 78.5 cm³/mol. The first kappa shape index (κ1) is 12.3. The van der Waals surface area contributed by atoms with E-state index in [2.05, 4.69) is 33.1 Å². The Morgan fingerprint density at radius 1 is 1.35 bits per heavy atom. The Hall–Kier alpha value is -1.21. The Balaban J connectivity index is 1.96. The third kappa shape index (κ3) is 3.64. The second kappa shape index (κ2) is 5.92. The van der Waals surface area contributed by atoms with Crippen LogP contribution in [0.25, 0.3) is 0 Å². The highest BCUT2D eigenvalue weighted by atomic mass is 127. The van der Waals surface area contributed by atoms with Crippen molar-refractivity contribution in [3.8, 4) is 0 Å². The van der Waals surface area contributed by atoms with E-state index in [4.69, 9.17) is 0 Å². The topological polar surface area (TPSA) is 41.5 Å². The molecule has 0 bridgehead atoms. The molecule has 5 heteroatoms. The first-order chi connectivity index (χ1) is 8.25. The lowest BCUT2D eigenvalue weighted by Crippen LogP contribution is -2.16. The van der Waals surface area contributed by atoms with Crippen LogP contribution in [0.1, 0.15) is 15.2 Å². The van der Waals surface area contributed by atoms with Gasteiger partial charge in [-0.15, -0.1) is 11.3 Å². The third-order valence-corrected chi connectivity index (χ3v) is 3.51. The molecule has 86 valence electrons. The number of hydrazone groups is 1. The third-order valence-electron chi connectivity index (χ3n) is 1.97. The van der Waals surface area contributed by atoms with Gasteiger partial charge in [0.1, 0.15) is 0 Å². The van der Waals surface area contributed by atoms with E-state index in [1.807, 2.05) is 35.7 Å². The number of benzene rings is 1. The lowest BCUT2D eigenvalue weighted by atomic mass is 10.2. The molecule has 0 radical (unpaired) electrons. The standard InChI is InChI=1S/C12H9IN2OS/c13-10-4-1-3-9(7-10)8-14-15-12(16)11-5-2-6-17-11/h1-8H,(H,15,16). The van der Waals surface area contributed by atoms with Crippen molar-refractivity contribution in [2.75, 3.05) is 0 Å². The van der Waals surface area contributed by atoms with Crippen LogP contribution in [0.15, 0.2) is 46.9 Å². The Bertz CT molecular complexity index is 537. The van der Waals surface area contributed by atoms with Crippen molar-refractivity contribution in [1.29, 1.82) is 0 Å². The minimum atomic E-state index is -0.179. The molecule has 0 aliphatic rings. The molecular weight excluding hydrogens is 347 g/mol. The first-order valence-electron chi connectivity index (χ1n) is 4.88. The van der Waals surface area contributed by atoms with E-state index >= 15 is 0 Å². The summed E-state index contributed by atoms with van der Waals surface area (Å²) in [4.78, 5) is 12.2. The zero-order valence-electron chi connectivity index (χ0n) is 8.76. The highest BCUT2D eigenvalue weighted by Crippen LogP contribution is 2.08. The molecule has 0 unspecified atom stereocenters. The van der Waals surface area contributed by atoms with Gasteiger partial charge in [-0.25, -0.2) is 5.43 Å². The van der Waals surface area contributed by atoms with Gasteiger partial charge in [-0.05, 0) is 51.7 Å². The predicted octanol–water partition coefficient (Wildman–Crippen LogP) is 3.12. The van der Waals surface area contributed by atoms with Crippen LogP contribution < -0.4 is 5.43 Å². The minimum Gasteiger partial charge on any atom is -0.266 e. The maximum atomic E-state index is 11.5. The van der Waals surface area contributed by atoms with Crippen molar-refractivity contribution in [3.05, 3.63) is 55.8 Å². The lowest BCUT2D eigenvalue weighted by molar-refractivity contribution is 0.0959. The number of carbonyl (C=O) groups excluding carboxylic acids is 1. The summed E-state index contributed by atoms with van der Waals surface area (Å²) in [6.45, 7) is 0. The van der Waals surface area contributed by atoms with E-state index in [9.17, 15) is 4.79 Å². The Labute approximate surface area is 117 Å². The molecule has 3 nitrogen and oxygen atoms in total. The van der Waals surface area contributed by atoms with Gasteiger partial charge in [0.05, 0.1) is 11.1 Å². The maximum Gasteiger partial charge on any atom is 0.281 e. The summed E-state index contributed by atoms with van der Waals surface area (Å²) in [5.41, 5.74) is 3.45. The van der Waals surface area contributed by atoms with E-state index < -0.39 is 0 Å². The smallest absolute Gasteiger partial charge is 0.266 e. The largest absolute Gasteiger partial charge is 0.281 e. The summed E-state index contributed by atoms with van der Waals surface area (Å²) in [6, 6.07) is 11.5. The van der Waals surface area contributed by atoms with Crippen molar-refractivity contribution in [2.24, 2.45) is 5.10 Å². The Morgan fingerprint density at radius 2 is 2.24 bits per heavy atom. The van der Waals surface area contributed by atoms with Crippen molar-refractivity contribution >= 4 is 46.0 Å². The van der Waals surface area contributed by atoms with Gasteiger partial charge in [-0.3, -0.25) is 4.79 Å². The summed E-state index contributed by atoms with van der Waals surface area (Å²) in [6.07, 6.45) is 1.63. The average molecular weight is 356 g/mol. The molecule has 1 aromatic heterocycles. The highest BCUT2D eigenvalue weighted by Gasteiger charge is 2.03. The fraction of sp³-hybridized carbons (Fsp3) is 0. The average Bonchev–Trinajstić information content (AvgIpc) is 2.82. The number of rotatable bonds is 3. The highest BCUT2D eigenvalue weighted by molar-refractivity contribution is 14.1. The number of carbonyl (C=O) groups is 1. The van der Waals surface area contributed by atoms with Crippen molar-refractivity contribution in [3.63, 3.8) is 0 Å². The second-order valence-corrected chi connectivity index (χ2v) is 5.42. The van der Waals surface area contributed by atoms with Crippen LogP contribution in [0.5, 0.6) is 0 Å². The molecule has 1 amide bonds. The summed E-state index contributed by atoms with van der Waals surface area (Å²) in [5, 5.41) is 5.78. The van der Waals surface area contributed by atoms with Gasteiger partial charge < -0.3 is 0 Å². The van der Waals surface area contributed by atoms with Gasteiger partial charge >= 0.3 is 0 Å². The molecule has 0 aliphatic heterocycles. The fourth-order valence-corrected chi connectivity index (χ4v) is 2.40. The number of amides is 1. The molecule has 1 heterocycles. The monoisotopic (exact) mass is 356 g/mol. The van der Waals surface area contributed by atoms with Crippen LogP contribution in [-0.2, 0) is 0 Å². The Morgan fingerprint density at radius 3 is 2.94 bits per heavy atom. The van der Waals surface area contributed by atoms with Crippen LogP contribution in [-0.4, -0.2) is 12.1 Å². The Kier molecular flexibility index (Phi) is 4.27. The number of nitrogens with one attached hydrogen (secondary N) is 1. The number of hydrogen-bond acceptors (Lipinski definition) is 3. The lowest BCUT2D eigenvalue weighted by Gasteiger charge is -1.96. The quantitative estimate of drug-likeness (QED) is 0.513. The normalized spacial score (nSPS) is 10.6.